The highest BCUT2D eigenvalue weighted by molar-refractivity contribution is 7.89. The summed E-state index contributed by atoms with van der Waals surface area (Å²) < 4.78 is 10.4. The summed E-state index contributed by atoms with van der Waals surface area (Å²) in [5.41, 5.74) is -0.0222. The van der Waals surface area contributed by atoms with Gasteiger partial charge in [0.1, 0.15) is 0 Å². The normalized spacial score (nSPS) is 13.8. The Morgan fingerprint density at radius 3 is 1.89 bits per heavy atom. The fraction of sp³-hybridized carbons (Fsp3) is 0.714. The van der Waals surface area contributed by atoms with Crippen LogP contribution in [0.1, 0.15) is 20.8 Å². The number of hydrogen-bond donors (Lipinski definition) is 0. The standard InChI is InChI=1S/C7H12OS/c1-7(2,3)5-6-9(4)8/h1-4H3. The van der Waals surface area contributed by atoms with Gasteiger partial charge < -0.3 is 0 Å². The summed E-state index contributed by atoms with van der Waals surface area (Å²) in [6, 6.07) is 0. The third-order valence-corrected chi connectivity index (χ3v) is 0.959. The summed E-state index contributed by atoms with van der Waals surface area (Å²) >= 11 is 0. The molecule has 0 N–H and O–H groups in total. The molecule has 0 aromatic heterocycles. The van der Waals surface area contributed by atoms with Crippen LogP contribution in [0.3, 0.4) is 0 Å². The first kappa shape index (κ1) is 8.71. The maximum Gasteiger partial charge on any atom is 0.0943 e. The molecule has 0 rings (SSSR count). The quantitative estimate of drug-likeness (QED) is 0.469. The zero-order valence-electron chi connectivity index (χ0n) is 6.32. The molecule has 0 heterocycles. The molecule has 1 atom stereocenters. The first-order valence-corrected chi connectivity index (χ1v) is 4.34. The van der Waals surface area contributed by atoms with Gasteiger partial charge in [0.05, 0.1) is 10.8 Å². The predicted octanol–water partition coefficient (Wildman–Crippen LogP) is 1.37. The molecule has 2 heteroatoms. The average Bonchev–Trinajstić information content (AvgIpc) is 1.59. The van der Waals surface area contributed by atoms with Crippen LogP contribution in [0.5, 0.6) is 0 Å². The molecule has 0 amide bonds. The molecule has 0 radical (unpaired) electrons. The van der Waals surface area contributed by atoms with Crippen LogP contribution in [0.4, 0.5) is 0 Å². The van der Waals surface area contributed by atoms with E-state index in [0.29, 0.717) is 0 Å². The van der Waals surface area contributed by atoms with E-state index in [1.54, 1.807) is 6.26 Å². The van der Waals surface area contributed by atoms with E-state index in [1.807, 2.05) is 20.8 Å². The number of hydrogen-bond acceptors (Lipinski definition) is 1. The second kappa shape index (κ2) is 3.03. The molecule has 1 nitrogen and oxygen atoms in total. The van der Waals surface area contributed by atoms with Gasteiger partial charge in [-0.25, -0.2) is 4.21 Å². The Labute approximate surface area is 59.3 Å². The van der Waals surface area contributed by atoms with E-state index in [9.17, 15) is 4.21 Å². The molecule has 1 unspecified atom stereocenters. The highest BCUT2D eigenvalue weighted by Crippen LogP contribution is 2.09. The molecular formula is C7H12OS. The van der Waals surface area contributed by atoms with Crippen LogP contribution in [0.25, 0.3) is 0 Å². The molecule has 0 saturated carbocycles. The summed E-state index contributed by atoms with van der Waals surface area (Å²) in [5, 5.41) is 2.61. The topological polar surface area (TPSA) is 17.1 Å². The van der Waals surface area contributed by atoms with Crippen LogP contribution in [0.2, 0.25) is 0 Å². The summed E-state index contributed by atoms with van der Waals surface area (Å²) in [6.07, 6.45) is 1.58. The van der Waals surface area contributed by atoms with Gasteiger partial charge in [0.2, 0.25) is 0 Å². The van der Waals surface area contributed by atoms with Crippen LogP contribution in [-0.4, -0.2) is 10.5 Å². The van der Waals surface area contributed by atoms with Crippen molar-refractivity contribution in [1.82, 2.24) is 0 Å². The molecule has 52 valence electrons. The Kier molecular flexibility index (Phi) is 2.93. The first-order chi connectivity index (χ1) is 3.92. The maximum absolute atomic E-state index is 10.4. The predicted molar refractivity (Wildman–Crippen MR) is 41.3 cm³/mol. The van der Waals surface area contributed by atoms with E-state index >= 15 is 0 Å². The Hall–Kier alpha value is -0.290. The first-order valence-electron chi connectivity index (χ1n) is 2.78. The van der Waals surface area contributed by atoms with Gasteiger partial charge in [-0.15, -0.1) is 0 Å². The van der Waals surface area contributed by atoms with Crippen LogP contribution in [0, 0.1) is 16.6 Å². The number of rotatable bonds is 0. The SMILES string of the molecule is CS(=O)C#CC(C)(C)C. The lowest BCUT2D eigenvalue weighted by Crippen LogP contribution is -1.99. The highest BCUT2D eigenvalue weighted by atomic mass is 32.2. The van der Waals surface area contributed by atoms with E-state index in [-0.39, 0.29) is 5.41 Å². The van der Waals surface area contributed by atoms with Gasteiger partial charge in [-0.3, -0.25) is 0 Å². The molecule has 9 heavy (non-hydrogen) atoms. The van der Waals surface area contributed by atoms with Crippen molar-refractivity contribution in [1.29, 1.82) is 0 Å². The summed E-state index contributed by atoms with van der Waals surface area (Å²) in [4.78, 5) is 0. The van der Waals surface area contributed by atoms with Crippen LogP contribution < -0.4 is 0 Å². The van der Waals surface area contributed by atoms with Gasteiger partial charge in [0.15, 0.2) is 0 Å². The van der Waals surface area contributed by atoms with Gasteiger partial charge >= 0.3 is 0 Å². The van der Waals surface area contributed by atoms with E-state index in [2.05, 4.69) is 11.2 Å². The smallest absolute Gasteiger partial charge is 0.0943 e. The largest absolute Gasteiger partial charge is 0.246 e. The van der Waals surface area contributed by atoms with Crippen molar-refractivity contribution in [3.63, 3.8) is 0 Å². The van der Waals surface area contributed by atoms with Crippen LogP contribution >= 0.6 is 0 Å². The van der Waals surface area contributed by atoms with Crippen molar-refractivity contribution in [2.75, 3.05) is 6.26 Å². The molecule has 0 saturated heterocycles. The van der Waals surface area contributed by atoms with Gasteiger partial charge in [-0.2, -0.15) is 0 Å². The van der Waals surface area contributed by atoms with Crippen molar-refractivity contribution >= 4 is 10.8 Å². The molecular weight excluding hydrogens is 132 g/mol. The van der Waals surface area contributed by atoms with Gasteiger partial charge in [-0.05, 0) is 26.0 Å². The van der Waals surface area contributed by atoms with Crippen molar-refractivity contribution in [2.45, 2.75) is 20.8 Å². The van der Waals surface area contributed by atoms with E-state index in [4.69, 9.17) is 0 Å². The Morgan fingerprint density at radius 2 is 1.78 bits per heavy atom. The Morgan fingerprint density at radius 1 is 1.33 bits per heavy atom. The van der Waals surface area contributed by atoms with Gasteiger partial charge in [0.25, 0.3) is 0 Å². The van der Waals surface area contributed by atoms with Gasteiger partial charge in [0, 0.05) is 11.7 Å². The zero-order valence-corrected chi connectivity index (χ0v) is 7.13. The Balaban J connectivity index is 4.04. The fourth-order valence-corrected chi connectivity index (χ4v) is 0.675. The van der Waals surface area contributed by atoms with Crippen molar-refractivity contribution in [3.05, 3.63) is 0 Å². The second-order valence-electron chi connectivity index (χ2n) is 2.93. The average molecular weight is 144 g/mol. The van der Waals surface area contributed by atoms with Crippen LogP contribution in [-0.2, 0) is 10.8 Å². The monoisotopic (exact) mass is 144 g/mol. The summed E-state index contributed by atoms with van der Waals surface area (Å²) in [5.74, 6) is 2.87. The van der Waals surface area contributed by atoms with E-state index in [0.717, 1.165) is 0 Å². The molecule has 0 aliphatic heterocycles. The minimum Gasteiger partial charge on any atom is -0.246 e. The van der Waals surface area contributed by atoms with E-state index < -0.39 is 10.8 Å². The molecule has 0 bridgehead atoms. The van der Waals surface area contributed by atoms with Crippen LogP contribution in [0.15, 0.2) is 0 Å². The molecule has 0 aliphatic carbocycles. The molecule has 0 aliphatic rings. The summed E-state index contributed by atoms with van der Waals surface area (Å²) in [7, 11) is -0.973. The van der Waals surface area contributed by atoms with E-state index in [1.165, 1.54) is 0 Å². The molecule has 0 spiro atoms. The third-order valence-electron chi connectivity index (χ3n) is 0.570. The third kappa shape index (κ3) is 7.71. The second-order valence-corrected chi connectivity index (χ2v) is 4.04. The zero-order chi connectivity index (χ0) is 7.49. The molecule has 0 fully saturated rings. The maximum atomic E-state index is 10.4. The van der Waals surface area contributed by atoms with Crippen molar-refractivity contribution in [3.8, 4) is 11.2 Å². The minimum atomic E-state index is -0.973. The Bertz CT molecular complexity index is 166. The summed E-state index contributed by atoms with van der Waals surface area (Å²) in [6.45, 7) is 5.98. The lowest BCUT2D eigenvalue weighted by Gasteiger charge is -2.05. The molecule has 0 aromatic rings. The van der Waals surface area contributed by atoms with Crippen molar-refractivity contribution in [2.24, 2.45) is 5.41 Å². The lowest BCUT2D eigenvalue weighted by atomic mass is 9.99. The highest BCUT2D eigenvalue weighted by Gasteiger charge is 2.02. The fourth-order valence-electron chi connectivity index (χ4n) is 0.225. The lowest BCUT2D eigenvalue weighted by molar-refractivity contribution is 0.571. The van der Waals surface area contributed by atoms with Crippen molar-refractivity contribution < 1.29 is 4.21 Å². The molecule has 0 aromatic carbocycles. The minimum absolute atomic E-state index is 0.0222. The van der Waals surface area contributed by atoms with Gasteiger partial charge in [-0.1, -0.05) is 5.92 Å².